The van der Waals surface area contributed by atoms with Crippen molar-refractivity contribution in [3.05, 3.63) is 6.10 Å². The smallest absolute Gasteiger partial charge is 0.0970 e. The molecule has 1 aliphatic carbocycles. The number of hydrogen-bond donors (Lipinski definition) is 0. The Morgan fingerprint density at radius 3 is 2.09 bits per heavy atom. The van der Waals surface area contributed by atoms with Gasteiger partial charge in [-0.15, -0.1) is 0 Å². The highest BCUT2D eigenvalue weighted by atomic mass is 16.5. The minimum Gasteiger partial charge on any atom is -0.372 e. The summed E-state index contributed by atoms with van der Waals surface area (Å²) in [6, 6.07) is 0. The van der Waals surface area contributed by atoms with E-state index in [0.29, 0.717) is 0 Å². The van der Waals surface area contributed by atoms with Crippen molar-refractivity contribution in [2.75, 3.05) is 6.61 Å². The lowest BCUT2D eigenvalue weighted by molar-refractivity contribution is 0.131. The Hall–Kier alpha value is -0.0400. The first-order valence-corrected chi connectivity index (χ1v) is 4.91. The predicted molar refractivity (Wildman–Crippen MR) is 47.2 cm³/mol. The summed E-state index contributed by atoms with van der Waals surface area (Å²) < 4.78 is 5.54. The molecular weight excluding hydrogens is 136 g/mol. The Morgan fingerprint density at radius 2 is 1.55 bits per heavy atom. The molecule has 1 rings (SSSR count). The molecule has 1 fully saturated rings. The first-order chi connectivity index (χ1) is 5.43. The zero-order valence-corrected chi connectivity index (χ0v) is 7.57. The minimum atomic E-state index is 0.856. The van der Waals surface area contributed by atoms with Crippen molar-refractivity contribution < 1.29 is 4.74 Å². The third-order valence-electron chi connectivity index (χ3n) is 2.26. The Balaban J connectivity index is 2.15. The molecule has 0 bridgehead atoms. The second-order valence-corrected chi connectivity index (χ2v) is 3.24. The van der Waals surface area contributed by atoms with E-state index in [0.717, 1.165) is 6.61 Å². The van der Waals surface area contributed by atoms with Gasteiger partial charge >= 0.3 is 0 Å². The van der Waals surface area contributed by atoms with Crippen molar-refractivity contribution >= 4 is 0 Å². The van der Waals surface area contributed by atoms with Gasteiger partial charge in [-0.1, -0.05) is 32.1 Å². The minimum absolute atomic E-state index is 0.856. The molecule has 1 radical (unpaired) electrons. The molecule has 0 aliphatic heterocycles. The van der Waals surface area contributed by atoms with E-state index in [1.807, 2.05) is 0 Å². The molecule has 1 saturated carbocycles. The average molecular weight is 155 g/mol. The van der Waals surface area contributed by atoms with Crippen LogP contribution in [-0.2, 0) is 4.74 Å². The van der Waals surface area contributed by atoms with Crippen LogP contribution >= 0.6 is 0 Å². The lowest BCUT2D eigenvalue weighted by Crippen LogP contribution is -2.05. The molecule has 11 heavy (non-hydrogen) atoms. The van der Waals surface area contributed by atoms with Gasteiger partial charge in [0.05, 0.1) is 6.10 Å². The SMILES string of the molecule is CCO[C]1CCCCCCC1. The average Bonchev–Trinajstić information content (AvgIpc) is 1.94. The molecule has 0 aromatic heterocycles. The molecule has 0 aromatic rings. The maximum Gasteiger partial charge on any atom is 0.0970 e. The molecule has 0 amide bonds. The van der Waals surface area contributed by atoms with Crippen LogP contribution in [-0.4, -0.2) is 6.61 Å². The van der Waals surface area contributed by atoms with Gasteiger partial charge in [-0.05, 0) is 19.8 Å². The normalized spacial score (nSPS) is 22.6. The van der Waals surface area contributed by atoms with Crippen molar-refractivity contribution in [3.8, 4) is 0 Å². The summed E-state index contributed by atoms with van der Waals surface area (Å²) in [7, 11) is 0. The summed E-state index contributed by atoms with van der Waals surface area (Å²) in [5.41, 5.74) is 0. The Kier molecular flexibility index (Phi) is 4.60. The monoisotopic (exact) mass is 155 g/mol. The molecule has 0 saturated heterocycles. The van der Waals surface area contributed by atoms with Crippen LogP contribution in [0.5, 0.6) is 0 Å². The molecule has 0 N–H and O–H groups in total. The van der Waals surface area contributed by atoms with Gasteiger partial charge in [0.2, 0.25) is 0 Å². The standard InChI is InChI=1S/C10H19O/c1-2-11-10-8-6-4-3-5-7-9-10/h2-9H2,1H3. The van der Waals surface area contributed by atoms with Crippen LogP contribution in [0.1, 0.15) is 51.9 Å². The predicted octanol–water partition coefficient (Wildman–Crippen LogP) is 3.30. The van der Waals surface area contributed by atoms with E-state index in [1.54, 1.807) is 0 Å². The fraction of sp³-hybridized carbons (Fsp3) is 0.900. The second-order valence-electron chi connectivity index (χ2n) is 3.24. The Bertz CT molecular complexity index is 82.9. The summed E-state index contributed by atoms with van der Waals surface area (Å²) in [5.74, 6) is 0. The molecule has 0 unspecified atom stereocenters. The zero-order valence-electron chi connectivity index (χ0n) is 7.57. The number of rotatable bonds is 2. The Morgan fingerprint density at radius 1 is 1.00 bits per heavy atom. The molecule has 0 spiro atoms. The van der Waals surface area contributed by atoms with Gasteiger partial charge in [-0.2, -0.15) is 0 Å². The van der Waals surface area contributed by atoms with E-state index in [1.165, 1.54) is 51.0 Å². The van der Waals surface area contributed by atoms with Crippen LogP contribution in [0, 0.1) is 6.10 Å². The summed E-state index contributed by atoms with van der Waals surface area (Å²) >= 11 is 0. The maximum atomic E-state index is 5.54. The number of hydrogen-bond acceptors (Lipinski definition) is 1. The molecule has 0 atom stereocenters. The van der Waals surface area contributed by atoms with Crippen molar-refractivity contribution in [3.63, 3.8) is 0 Å². The molecule has 1 aliphatic rings. The zero-order chi connectivity index (χ0) is 7.94. The topological polar surface area (TPSA) is 9.23 Å². The van der Waals surface area contributed by atoms with Gasteiger partial charge in [0.1, 0.15) is 0 Å². The summed E-state index contributed by atoms with van der Waals surface area (Å²) in [4.78, 5) is 0. The largest absolute Gasteiger partial charge is 0.372 e. The molecule has 1 nitrogen and oxygen atoms in total. The van der Waals surface area contributed by atoms with E-state index in [9.17, 15) is 0 Å². The van der Waals surface area contributed by atoms with Crippen molar-refractivity contribution in [2.45, 2.75) is 51.9 Å². The molecule has 0 heterocycles. The summed E-state index contributed by atoms with van der Waals surface area (Å²) in [6.45, 7) is 2.93. The van der Waals surface area contributed by atoms with Gasteiger partial charge < -0.3 is 4.74 Å². The molecule has 65 valence electrons. The number of ether oxygens (including phenoxy) is 1. The van der Waals surface area contributed by atoms with Gasteiger partial charge in [0.15, 0.2) is 0 Å². The van der Waals surface area contributed by atoms with Crippen LogP contribution in [0.15, 0.2) is 0 Å². The van der Waals surface area contributed by atoms with Crippen LogP contribution < -0.4 is 0 Å². The highest BCUT2D eigenvalue weighted by Crippen LogP contribution is 2.24. The quantitative estimate of drug-likeness (QED) is 0.594. The summed E-state index contributed by atoms with van der Waals surface area (Å²) in [5, 5.41) is 0. The van der Waals surface area contributed by atoms with Gasteiger partial charge in [-0.3, -0.25) is 0 Å². The first-order valence-electron chi connectivity index (χ1n) is 4.91. The van der Waals surface area contributed by atoms with Gasteiger partial charge in [-0.25, -0.2) is 0 Å². The summed E-state index contributed by atoms with van der Waals surface area (Å²) in [6.07, 6.45) is 10.7. The Labute approximate surface area is 70.1 Å². The third kappa shape index (κ3) is 3.76. The van der Waals surface area contributed by atoms with Crippen molar-refractivity contribution in [1.29, 1.82) is 0 Å². The fourth-order valence-corrected chi connectivity index (χ4v) is 1.65. The maximum absolute atomic E-state index is 5.54. The van der Waals surface area contributed by atoms with Crippen LogP contribution in [0.25, 0.3) is 0 Å². The third-order valence-corrected chi connectivity index (χ3v) is 2.26. The fourth-order valence-electron chi connectivity index (χ4n) is 1.65. The highest BCUT2D eigenvalue weighted by Gasteiger charge is 2.11. The van der Waals surface area contributed by atoms with E-state index in [-0.39, 0.29) is 0 Å². The van der Waals surface area contributed by atoms with Crippen LogP contribution in [0.4, 0.5) is 0 Å². The van der Waals surface area contributed by atoms with E-state index in [4.69, 9.17) is 4.74 Å². The van der Waals surface area contributed by atoms with Crippen LogP contribution in [0.2, 0.25) is 0 Å². The van der Waals surface area contributed by atoms with Gasteiger partial charge in [0.25, 0.3) is 0 Å². The molecule has 0 aromatic carbocycles. The first kappa shape index (κ1) is 9.05. The highest BCUT2D eigenvalue weighted by molar-refractivity contribution is 4.79. The lowest BCUT2D eigenvalue weighted by atomic mass is 9.99. The molecular formula is C10H19O. The van der Waals surface area contributed by atoms with E-state index < -0.39 is 0 Å². The lowest BCUT2D eigenvalue weighted by Gasteiger charge is -2.17. The van der Waals surface area contributed by atoms with Crippen molar-refractivity contribution in [2.24, 2.45) is 0 Å². The van der Waals surface area contributed by atoms with Crippen molar-refractivity contribution in [1.82, 2.24) is 0 Å². The molecule has 1 heteroatoms. The van der Waals surface area contributed by atoms with E-state index in [2.05, 4.69) is 6.92 Å². The van der Waals surface area contributed by atoms with Crippen LogP contribution in [0.3, 0.4) is 0 Å². The van der Waals surface area contributed by atoms with Gasteiger partial charge in [0, 0.05) is 6.61 Å². The second kappa shape index (κ2) is 5.59. The van der Waals surface area contributed by atoms with E-state index >= 15 is 0 Å².